The van der Waals surface area contributed by atoms with Gasteiger partial charge in [0.25, 0.3) is 0 Å². The summed E-state index contributed by atoms with van der Waals surface area (Å²) in [5.74, 6) is 0. The number of piperidine rings is 2. The Labute approximate surface area is 223 Å². The minimum atomic E-state index is -4.89. The van der Waals surface area contributed by atoms with E-state index in [2.05, 4.69) is 9.80 Å². The number of rotatable bonds is 6. The molecular formula is C27H29Cl2F6N2. The van der Waals surface area contributed by atoms with Gasteiger partial charge in [0.1, 0.15) is 0 Å². The van der Waals surface area contributed by atoms with Crippen LogP contribution in [0.2, 0.25) is 10.0 Å². The van der Waals surface area contributed by atoms with E-state index < -0.39 is 29.5 Å². The molecule has 1 unspecified atom stereocenters. The second-order valence-corrected chi connectivity index (χ2v) is 10.6. The molecule has 1 atom stereocenters. The molecule has 0 saturated carbocycles. The number of hydrogen-bond donors (Lipinski definition) is 0. The molecule has 0 bridgehead atoms. The fraction of sp³-hybridized carbons (Fsp3) is 0.519. The lowest BCUT2D eigenvalue weighted by molar-refractivity contribution is -0.143. The summed E-state index contributed by atoms with van der Waals surface area (Å²) in [7, 11) is 0. The molecule has 0 aromatic heterocycles. The minimum Gasteiger partial charge on any atom is -0.300 e. The molecule has 10 heteroatoms. The highest BCUT2D eigenvalue weighted by atomic mass is 35.5. The van der Waals surface area contributed by atoms with Gasteiger partial charge in [0.15, 0.2) is 0 Å². The first-order valence-electron chi connectivity index (χ1n) is 12.5. The lowest BCUT2D eigenvalue weighted by Gasteiger charge is -2.43. The Morgan fingerprint density at radius 2 is 1.35 bits per heavy atom. The zero-order valence-electron chi connectivity index (χ0n) is 20.2. The summed E-state index contributed by atoms with van der Waals surface area (Å²) in [6.45, 7) is 3.63. The van der Waals surface area contributed by atoms with Gasteiger partial charge in [0.05, 0.1) is 11.1 Å². The number of halogens is 8. The highest BCUT2D eigenvalue weighted by Gasteiger charge is 2.37. The van der Waals surface area contributed by atoms with E-state index in [0.717, 1.165) is 51.2 Å². The molecule has 0 aliphatic carbocycles. The topological polar surface area (TPSA) is 6.48 Å². The Balaban J connectivity index is 1.57. The van der Waals surface area contributed by atoms with Gasteiger partial charge in [-0.3, -0.25) is 4.90 Å². The van der Waals surface area contributed by atoms with E-state index in [4.69, 9.17) is 23.2 Å². The third-order valence-corrected chi connectivity index (χ3v) is 7.98. The maximum absolute atomic E-state index is 13.4. The van der Waals surface area contributed by atoms with Gasteiger partial charge in [-0.2, -0.15) is 26.3 Å². The van der Waals surface area contributed by atoms with Crippen molar-refractivity contribution in [3.63, 3.8) is 0 Å². The molecule has 1 radical (unpaired) electrons. The van der Waals surface area contributed by atoms with E-state index in [9.17, 15) is 26.3 Å². The maximum Gasteiger partial charge on any atom is 0.416 e. The van der Waals surface area contributed by atoms with Crippen LogP contribution in [0.15, 0.2) is 36.4 Å². The van der Waals surface area contributed by atoms with E-state index in [-0.39, 0.29) is 18.1 Å². The van der Waals surface area contributed by atoms with Gasteiger partial charge < -0.3 is 4.90 Å². The maximum atomic E-state index is 13.4. The predicted octanol–water partition coefficient (Wildman–Crippen LogP) is 8.47. The normalized spacial score (nSPS) is 19.8. The largest absolute Gasteiger partial charge is 0.416 e. The van der Waals surface area contributed by atoms with E-state index in [0.29, 0.717) is 21.7 Å². The highest BCUT2D eigenvalue weighted by molar-refractivity contribution is 6.36. The fourth-order valence-corrected chi connectivity index (χ4v) is 6.06. The molecule has 2 saturated heterocycles. The minimum absolute atomic E-state index is 0.0708. The van der Waals surface area contributed by atoms with Crippen LogP contribution in [0.1, 0.15) is 60.4 Å². The SMILES string of the molecule is FC(F)(F)c1cc(C[CH]C(c2c(Cl)cccc2Cl)N2CCC(N3CCCCC3)CC2)cc(C(F)(F)F)c1. The smallest absolute Gasteiger partial charge is 0.300 e. The summed E-state index contributed by atoms with van der Waals surface area (Å²) in [6, 6.07) is 6.81. The van der Waals surface area contributed by atoms with Gasteiger partial charge >= 0.3 is 12.4 Å². The van der Waals surface area contributed by atoms with Gasteiger partial charge in [0, 0.05) is 40.8 Å². The van der Waals surface area contributed by atoms with Crippen molar-refractivity contribution in [1.82, 2.24) is 9.80 Å². The van der Waals surface area contributed by atoms with Crippen LogP contribution in [0, 0.1) is 6.42 Å². The quantitative estimate of drug-likeness (QED) is 0.324. The average molecular weight is 566 g/mol. The summed E-state index contributed by atoms with van der Waals surface area (Å²) < 4.78 is 80.2. The monoisotopic (exact) mass is 565 g/mol. The van der Waals surface area contributed by atoms with Crippen molar-refractivity contribution in [2.75, 3.05) is 26.2 Å². The lowest BCUT2D eigenvalue weighted by Crippen LogP contribution is -2.47. The molecule has 2 aliphatic rings. The number of nitrogens with zero attached hydrogens (tertiary/aromatic N) is 2. The van der Waals surface area contributed by atoms with E-state index in [1.54, 1.807) is 24.6 Å². The number of likely N-dealkylation sites (tertiary alicyclic amines) is 2. The zero-order valence-corrected chi connectivity index (χ0v) is 21.7. The fourth-order valence-electron chi connectivity index (χ4n) is 5.44. The van der Waals surface area contributed by atoms with Gasteiger partial charge in [0.2, 0.25) is 0 Å². The van der Waals surface area contributed by atoms with Crippen molar-refractivity contribution < 1.29 is 26.3 Å². The van der Waals surface area contributed by atoms with E-state index >= 15 is 0 Å². The standard InChI is InChI=1S/C27H29Cl2F6N2/c28-22-5-4-6-23(29)25(22)24(37-13-9-21(10-14-37)36-11-2-1-3-12-36)8-7-18-15-19(26(30,31)32)17-20(16-18)27(33,34)35/h4-6,8,15-17,21,24H,1-3,7,9-14H2. The van der Waals surface area contributed by atoms with Gasteiger partial charge in [-0.1, -0.05) is 35.7 Å². The van der Waals surface area contributed by atoms with Crippen LogP contribution in [0.3, 0.4) is 0 Å². The Morgan fingerprint density at radius 1 is 0.811 bits per heavy atom. The first kappa shape index (κ1) is 28.5. The van der Waals surface area contributed by atoms with Crippen molar-refractivity contribution >= 4 is 23.2 Å². The van der Waals surface area contributed by atoms with E-state index in [1.807, 2.05) is 0 Å². The summed E-state index contributed by atoms with van der Waals surface area (Å²) in [6.07, 6.45) is -2.67. The summed E-state index contributed by atoms with van der Waals surface area (Å²) in [5.41, 5.74) is -2.09. The van der Waals surface area contributed by atoms with Crippen LogP contribution in [-0.4, -0.2) is 42.0 Å². The lowest BCUT2D eigenvalue weighted by atomic mass is 9.92. The van der Waals surface area contributed by atoms with Crippen LogP contribution in [0.5, 0.6) is 0 Å². The zero-order chi connectivity index (χ0) is 26.8. The third-order valence-electron chi connectivity index (χ3n) is 7.32. The molecule has 0 N–H and O–H groups in total. The van der Waals surface area contributed by atoms with Crippen LogP contribution >= 0.6 is 23.2 Å². The van der Waals surface area contributed by atoms with Crippen LogP contribution < -0.4 is 0 Å². The van der Waals surface area contributed by atoms with Crippen molar-refractivity contribution in [3.8, 4) is 0 Å². The van der Waals surface area contributed by atoms with Crippen molar-refractivity contribution in [2.24, 2.45) is 0 Å². The second-order valence-electron chi connectivity index (χ2n) is 9.80. The van der Waals surface area contributed by atoms with Crippen molar-refractivity contribution in [3.05, 3.63) is 75.1 Å². The predicted molar refractivity (Wildman–Crippen MR) is 134 cm³/mol. The molecular weight excluding hydrogens is 537 g/mol. The average Bonchev–Trinajstić information content (AvgIpc) is 2.85. The molecule has 2 aliphatic heterocycles. The van der Waals surface area contributed by atoms with Gasteiger partial charge in [-0.05, 0) is 87.5 Å². The number of hydrogen-bond acceptors (Lipinski definition) is 2. The molecule has 0 amide bonds. The molecule has 203 valence electrons. The first-order chi connectivity index (χ1) is 17.4. The van der Waals surface area contributed by atoms with Gasteiger partial charge in [-0.25, -0.2) is 0 Å². The molecule has 37 heavy (non-hydrogen) atoms. The highest BCUT2D eigenvalue weighted by Crippen LogP contribution is 2.40. The Hall–Kier alpha value is -1.48. The second kappa shape index (κ2) is 11.7. The van der Waals surface area contributed by atoms with Crippen LogP contribution in [0.4, 0.5) is 26.3 Å². The molecule has 2 fully saturated rings. The third kappa shape index (κ3) is 7.14. The number of alkyl halides is 6. The summed E-state index contributed by atoms with van der Waals surface area (Å²) >= 11 is 13.0. The summed E-state index contributed by atoms with van der Waals surface area (Å²) in [5, 5.41) is 0.818. The van der Waals surface area contributed by atoms with Crippen LogP contribution in [0.25, 0.3) is 0 Å². The Kier molecular flexibility index (Phi) is 9.04. The molecule has 0 spiro atoms. The first-order valence-corrected chi connectivity index (χ1v) is 13.2. The molecule has 2 heterocycles. The van der Waals surface area contributed by atoms with Crippen molar-refractivity contribution in [1.29, 1.82) is 0 Å². The van der Waals surface area contributed by atoms with Crippen molar-refractivity contribution in [2.45, 2.75) is 63.0 Å². The molecule has 2 aromatic rings. The Morgan fingerprint density at radius 3 is 1.86 bits per heavy atom. The Bertz CT molecular complexity index is 1010. The molecule has 2 aromatic carbocycles. The molecule has 4 rings (SSSR count). The van der Waals surface area contributed by atoms with Crippen LogP contribution in [-0.2, 0) is 18.8 Å². The molecule has 2 nitrogen and oxygen atoms in total. The summed E-state index contributed by atoms with van der Waals surface area (Å²) in [4.78, 5) is 4.70. The van der Waals surface area contributed by atoms with E-state index in [1.165, 1.54) is 19.3 Å². The number of benzene rings is 2. The van der Waals surface area contributed by atoms with Gasteiger partial charge in [-0.15, -0.1) is 0 Å².